The molecule has 1 atom stereocenters. The van der Waals surface area contributed by atoms with Gasteiger partial charge in [0.2, 0.25) is 0 Å². The van der Waals surface area contributed by atoms with Gasteiger partial charge >= 0.3 is 5.97 Å². The minimum Gasteiger partial charge on any atom is -0.479 e. The summed E-state index contributed by atoms with van der Waals surface area (Å²) in [6.07, 6.45) is 0.941. The number of thiazole rings is 1. The molecule has 4 nitrogen and oxygen atoms in total. The van der Waals surface area contributed by atoms with Gasteiger partial charge < -0.3 is 9.84 Å². The van der Waals surface area contributed by atoms with E-state index in [4.69, 9.17) is 9.84 Å². The molecular formula is C8H11NO3S. The van der Waals surface area contributed by atoms with Crippen LogP contribution in [-0.4, -0.2) is 22.2 Å². The average molecular weight is 201 g/mol. The first-order valence-corrected chi connectivity index (χ1v) is 4.67. The summed E-state index contributed by atoms with van der Waals surface area (Å²) in [5.74, 6) is -0.943. The predicted molar refractivity (Wildman–Crippen MR) is 48.7 cm³/mol. The summed E-state index contributed by atoms with van der Waals surface area (Å²) in [5.41, 5.74) is 0. The first kappa shape index (κ1) is 10.1. The standard InChI is InChI=1S/C8H11NO3S/c1-5(8(10)11)12-4-7-3-9-6(2)13-7/h3,5H,4H2,1-2H3,(H,10,11). The number of carbonyl (C=O) groups is 1. The summed E-state index contributed by atoms with van der Waals surface area (Å²) in [6, 6.07) is 0. The zero-order chi connectivity index (χ0) is 9.84. The lowest BCUT2D eigenvalue weighted by Crippen LogP contribution is -2.19. The van der Waals surface area contributed by atoms with E-state index >= 15 is 0 Å². The lowest BCUT2D eigenvalue weighted by atomic mass is 10.4. The molecular weight excluding hydrogens is 190 g/mol. The zero-order valence-electron chi connectivity index (χ0n) is 7.48. The number of aromatic nitrogens is 1. The molecule has 0 aliphatic carbocycles. The van der Waals surface area contributed by atoms with E-state index in [0.717, 1.165) is 9.88 Å². The van der Waals surface area contributed by atoms with Crippen molar-refractivity contribution in [2.45, 2.75) is 26.6 Å². The summed E-state index contributed by atoms with van der Waals surface area (Å²) in [5, 5.41) is 9.49. The topological polar surface area (TPSA) is 59.4 Å². The summed E-state index contributed by atoms with van der Waals surface area (Å²) < 4.78 is 5.07. The van der Waals surface area contributed by atoms with Gasteiger partial charge in [0.1, 0.15) is 0 Å². The van der Waals surface area contributed by atoms with Crippen LogP contribution in [-0.2, 0) is 16.1 Å². The van der Waals surface area contributed by atoms with E-state index in [9.17, 15) is 4.79 Å². The molecule has 0 bridgehead atoms. The minimum atomic E-state index is -0.943. The van der Waals surface area contributed by atoms with Crippen LogP contribution in [0.15, 0.2) is 6.20 Å². The molecule has 1 aromatic rings. The molecule has 1 rings (SSSR count). The molecule has 5 heteroatoms. The van der Waals surface area contributed by atoms with Crippen LogP contribution in [0.3, 0.4) is 0 Å². The van der Waals surface area contributed by atoms with Crippen LogP contribution in [0, 0.1) is 6.92 Å². The number of carboxylic acids is 1. The van der Waals surface area contributed by atoms with Gasteiger partial charge in [-0.15, -0.1) is 11.3 Å². The fourth-order valence-electron chi connectivity index (χ4n) is 0.750. The van der Waals surface area contributed by atoms with Crippen LogP contribution < -0.4 is 0 Å². The van der Waals surface area contributed by atoms with Gasteiger partial charge in [-0.2, -0.15) is 0 Å². The van der Waals surface area contributed by atoms with Gasteiger partial charge in [-0.05, 0) is 13.8 Å². The van der Waals surface area contributed by atoms with Crippen LogP contribution in [0.5, 0.6) is 0 Å². The van der Waals surface area contributed by atoms with E-state index in [0.29, 0.717) is 6.61 Å². The van der Waals surface area contributed by atoms with E-state index in [1.54, 1.807) is 6.20 Å². The van der Waals surface area contributed by atoms with Crippen molar-refractivity contribution in [3.63, 3.8) is 0 Å². The third kappa shape index (κ3) is 3.12. The smallest absolute Gasteiger partial charge is 0.332 e. The third-order valence-corrected chi connectivity index (χ3v) is 2.38. The van der Waals surface area contributed by atoms with Gasteiger partial charge in [0, 0.05) is 6.20 Å². The molecule has 0 aliphatic heterocycles. The normalized spacial score (nSPS) is 12.8. The Balaban J connectivity index is 2.39. The molecule has 0 amide bonds. The van der Waals surface area contributed by atoms with E-state index in [2.05, 4.69) is 4.98 Å². The fraction of sp³-hybridized carbons (Fsp3) is 0.500. The van der Waals surface area contributed by atoms with E-state index in [1.165, 1.54) is 18.3 Å². The largest absolute Gasteiger partial charge is 0.479 e. The number of aliphatic carboxylic acids is 1. The molecule has 72 valence electrons. The Labute approximate surface area is 80.2 Å². The maximum atomic E-state index is 10.4. The number of aryl methyl sites for hydroxylation is 1. The minimum absolute atomic E-state index is 0.318. The van der Waals surface area contributed by atoms with Crippen LogP contribution in [0.2, 0.25) is 0 Å². The fourth-order valence-corrected chi connectivity index (χ4v) is 1.47. The van der Waals surface area contributed by atoms with Gasteiger partial charge in [0.25, 0.3) is 0 Å². The van der Waals surface area contributed by atoms with Crippen molar-refractivity contribution in [3.8, 4) is 0 Å². The lowest BCUT2D eigenvalue weighted by molar-refractivity contribution is -0.149. The number of carboxylic acid groups (broad SMARTS) is 1. The molecule has 1 aromatic heterocycles. The number of hydrogen-bond acceptors (Lipinski definition) is 4. The Hall–Kier alpha value is -0.940. The van der Waals surface area contributed by atoms with Gasteiger partial charge in [0.15, 0.2) is 6.10 Å². The molecule has 1 heterocycles. The summed E-state index contributed by atoms with van der Waals surface area (Å²) in [6.45, 7) is 3.73. The first-order valence-electron chi connectivity index (χ1n) is 3.85. The Morgan fingerprint density at radius 3 is 3.00 bits per heavy atom. The maximum Gasteiger partial charge on any atom is 0.332 e. The van der Waals surface area contributed by atoms with Gasteiger partial charge in [-0.3, -0.25) is 0 Å². The Kier molecular flexibility index (Phi) is 3.39. The van der Waals surface area contributed by atoms with Crippen LogP contribution in [0.4, 0.5) is 0 Å². The summed E-state index contributed by atoms with van der Waals surface area (Å²) >= 11 is 1.51. The van der Waals surface area contributed by atoms with Crippen molar-refractivity contribution >= 4 is 17.3 Å². The van der Waals surface area contributed by atoms with Crippen molar-refractivity contribution in [2.24, 2.45) is 0 Å². The van der Waals surface area contributed by atoms with Crippen molar-refractivity contribution in [3.05, 3.63) is 16.1 Å². The summed E-state index contributed by atoms with van der Waals surface area (Å²) in [4.78, 5) is 15.4. The molecule has 13 heavy (non-hydrogen) atoms. The molecule has 0 aromatic carbocycles. The molecule has 0 spiro atoms. The average Bonchev–Trinajstić information content (AvgIpc) is 2.47. The third-order valence-electron chi connectivity index (χ3n) is 1.49. The van der Waals surface area contributed by atoms with Crippen molar-refractivity contribution in [2.75, 3.05) is 0 Å². The molecule has 1 unspecified atom stereocenters. The molecule has 0 saturated carbocycles. The second kappa shape index (κ2) is 4.34. The van der Waals surface area contributed by atoms with E-state index < -0.39 is 12.1 Å². The van der Waals surface area contributed by atoms with Gasteiger partial charge in [-0.25, -0.2) is 9.78 Å². The number of hydrogen-bond donors (Lipinski definition) is 1. The zero-order valence-corrected chi connectivity index (χ0v) is 8.30. The van der Waals surface area contributed by atoms with E-state index in [1.807, 2.05) is 6.92 Å². The molecule has 0 fully saturated rings. The highest BCUT2D eigenvalue weighted by Gasteiger charge is 2.11. The molecule has 0 radical (unpaired) electrons. The van der Waals surface area contributed by atoms with Crippen molar-refractivity contribution in [1.82, 2.24) is 4.98 Å². The van der Waals surface area contributed by atoms with Crippen molar-refractivity contribution in [1.29, 1.82) is 0 Å². The highest BCUT2D eigenvalue weighted by Crippen LogP contribution is 2.13. The van der Waals surface area contributed by atoms with Crippen LogP contribution in [0.1, 0.15) is 16.8 Å². The first-order chi connectivity index (χ1) is 6.09. The van der Waals surface area contributed by atoms with Crippen molar-refractivity contribution < 1.29 is 14.6 Å². The number of ether oxygens (including phenoxy) is 1. The number of rotatable bonds is 4. The second-order valence-electron chi connectivity index (χ2n) is 2.64. The molecule has 0 aliphatic rings. The predicted octanol–water partition coefficient (Wildman–Crippen LogP) is 1.44. The Morgan fingerprint density at radius 2 is 2.54 bits per heavy atom. The molecule has 1 N–H and O–H groups in total. The SMILES string of the molecule is Cc1ncc(COC(C)C(=O)O)s1. The Bertz CT molecular complexity index is 297. The monoisotopic (exact) mass is 201 g/mol. The summed E-state index contributed by atoms with van der Waals surface area (Å²) in [7, 11) is 0. The lowest BCUT2D eigenvalue weighted by Gasteiger charge is -2.05. The van der Waals surface area contributed by atoms with Crippen LogP contribution in [0.25, 0.3) is 0 Å². The van der Waals surface area contributed by atoms with Crippen LogP contribution >= 0.6 is 11.3 Å². The maximum absolute atomic E-state index is 10.4. The highest BCUT2D eigenvalue weighted by atomic mass is 32.1. The van der Waals surface area contributed by atoms with Gasteiger partial charge in [0.05, 0.1) is 16.5 Å². The second-order valence-corrected chi connectivity index (χ2v) is 3.96. The van der Waals surface area contributed by atoms with E-state index in [-0.39, 0.29) is 0 Å². The van der Waals surface area contributed by atoms with Gasteiger partial charge in [-0.1, -0.05) is 0 Å². The quantitative estimate of drug-likeness (QED) is 0.800. The highest BCUT2D eigenvalue weighted by molar-refractivity contribution is 7.11. The molecule has 0 saturated heterocycles. The number of nitrogens with zero attached hydrogens (tertiary/aromatic N) is 1. The Morgan fingerprint density at radius 1 is 1.85 bits per heavy atom.